The summed E-state index contributed by atoms with van der Waals surface area (Å²) in [6.45, 7) is 5.94. The SMILES string of the molecule is CCNC(=NCc1ncccc1C)NCc1cc(Cl)c(Cl)n1C. The molecule has 7 heteroatoms. The van der Waals surface area contributed by atoms with E-state index in [0.29, 0.717) is 23.3 Å². The van der Waals surface area contributed by atoms with Crippen LogP contribution in [0.25, 0.3) is 0 Å². The van der Waals surface area contributed by atoms with Crippen molar-refractivity contribution in [2.75, 3.05) is 6.54 Å². The Morgan fingerprint density at radius 1 is 1.35 bits per heavy atom. The first-order valence-corrected chi connectivity index (χ1v) is 8.20. The van der Waals surface area contributed by atoms with Crippen LogP contribution in [0.1, 0.15) is 23.9 Å². The number of rotatable bonds is 5. The number of pyridine rings is 1. The summed E-state index contributed by atoms with van der Waals surface area (Å²) in [4.78, 5) is 8.93. The molecule has 2 aromatic rings. The molecule has 23 heavy (non-hydrogen) atoms. The molecular weight excluding hydrogens is 333 g/mol. The monoisotopic (exact) mass is 353 g/mol. The number of nitrogens with one attached hydrogen (secondary N) is 2. The van der Waals surface area contributed by atoms with Crippen LogP contribution in [0.15, 0.2) is 29.4 Å². The first-order chi connectivity index (χ1) is 11.0. The van der Waals surface area contributed by atoms with Gasteiger partial charge in [-0.2, -0.15) is 0 Å². The molecule has 5 nitrogen and oxygen atoms in total. The fourth-order valence-electron chi connectivity index (χ4n) is 2.11. The molecule has 0 aromatic carbocycles. The summed E-state index contributed by atoms with van der Waals surface area (Å²) in [5, 5.41) is 7.59. The van der Waals surface area contributed by atoms with Crippen molar-refractivity contribution >= 4 is 29.2 Å². The Labute approximate surface area is 146 Å². The molecule has 2 heterocycles. The number of nitrogens with zero attached hydrogens (tertiary/aromatic N) is 3. The normalized spacial score (nSPS) is 11.6. The number of aromatic nitrogens is 2. The lowest BCUT2D eigenvalue weighted by molar-refractivity contribution is 0.750. The van der Waals surface area contributed by atoms with Crippen LogP contribution in [0, 0.1) is 6.92 Å². The van der Waals surface area contributed by atoms with Crippen LogP contribution >= 0.6 is 23.2 Å². The highest BCUT2D eigenvalue weighted by molar-refractivity contribution is 6.41. The highest BCUT2D eigenvalue weighted by Crippen LogP contribution is 2.24. The lowest BCUT2D eigenvalue weighted by Crippen LogP contribution is -2.37. The van der Waals surface area contributed by atoms with Gasteiger partial charge in [-0.1, -0.05) is 29.3 Å². The van der Waals surface area contributed by atoms with Gasteiger partial charge in [0.2, 0.25) is 0 Å². The Balaban J connectivity index is 2.04. The number of hydrogen-bond donors (Lipinski definition) is 2. The predicted octanol–water partition coefficient (Wildman–Crippen LogP) is 3.29. The molecule has 0 aliphatic rings. The average molecular weight is 354 g/mol. The van der Waals surface area contributed by atoms with Gasteiger partial charge in [-0.25, -0.2) is 4.99 Å². The average Bonchev–Trinajstić information content (AvgIpc) is 2.78. The van der Waals surface area contributed by atoms with Gasteiger partial charge >= 0.3 is 0 Å². The quantitative estimate of drug-likeness (QED) is 0.640. The third-order valence-corrected chi connectivity index (χ3v) is 4.34. The molecule has 0 fully saturated rings. The summed E-state index contributed by atoms with van der Waals surface area (Å²) >= 11 is 12.1. The van der Waals surface area contributed by atoms with Gasteiger partial charge < -0.3 is 15.2 Å². The van der Waals surface area contributed by atoms with E-state index in [-0.39, 0.29) is 0 Å². The van der Waals surface area contributed by atoms with Gasteiger partial charge in [-0.3, -0.25) is 4.98 Å². The smallest absolute Gasteiger partial charge is 0.191 e. The van der Waals surface area contributed by atoms with E-state index in [1.165, 1.54) is 0 Å². The van der Waals surface area contributed by atoms with E-state index in [2.05, 4.69) is 20.6 Å². The second kappa shape index (κ2) is 8.22. The van der Waals surface area contributed by atoms with Gasteiger partial charge in [0.15, 0.2) is 5.96 Å². The van der Waals surface area contributed by atoms with E-state index in [1.54, 1.807) is 6.20 Å². The zero-order valence-corrected chi connectivity index (χ0v) is 15.0. The Hall–Kier alpha value is -1.72. The summed E-state index contributed by atoms with van der Waals surface area (Å²) in [5.74, 6) is 0.728. The second-order valence-electron chi connectivity index (χ2n) is 5.15. The van der Waals surface area contributed by atoms with Crippen LogP contribution in [0.4, 0.5) is 0 Å². The predicted molar refractivity (Wildman–Crippen MR) is 96.1 cm³/mol. The van der Waals surface area contributed by atoms with Gasteiger partial charge in [-0.15, -0.1) is 0 Å². The number of halogens is 2. The van der Waals surface area contributed by atoms with Gasteiger partial charge in [0.05, 0.1) is 23.8 Å². The van der Waals surface area contributed by atoms with Gasteiger partial charge in [0.1, 0.15) is 5.15 Å². The van der Waals surface area contributed by atoms with Crippen molar-refractivity contribution in [3.05, 3.63) is 51.5 Å². The van der Waals surface area contributed by atoms with Crippen LogP contribution in [0.5, 0.6) is 0 Å². The lowest BCUT2D eigenvalue weighted by atomic mass is 10.2. The molecule has 0 aliphatic carbocycles. The summed E-state index contributed by atoms with van der Waals surface area (Å²) < 4.78 is 1.85. The number of guanidine groups is 1. The van der Waals surface area contributed by atoms with Crippen molar-refractivity contribution in [3.8, 4) is 0 Å². The summed E-state index contributed by atoms with van der Waals surface area (Å²) in [5.41, 5.74) is 3.09. The third kappa shape index (κ3) is 4.62. The molecule has 0 spiro atoms. The molecule has 0 unspecified atom stereocenters. The molecule has 0 radical (unpaired) electrons. The first-order valence-electron chi connectivity index (χ1n) is 7.45. The van der Waals surface area contributed by atoms with E-state index >= 15 is 0 Å². The Kier molecular flexibility index (Phi) is 6.30. The first kappa shape index (κ1) is 17.6. The van der Waals surface area contributed by atoms with Gasteiger partial charge in [-0.05, 0) is 31.5 Å². The van der Waals surface area contributed by atoms with Crippen molar-refractivity contribution in [3.63, 3.8) is 0 Å². The van der Waals surface area contributed by atoms with Crippen molar-refractivity contribution in [1.29, 1.82) is 0 Å². The molecule has 2 rings (SSSR count). The van der Waals surface area contributed by atoms with Crippen LogP contribution in [0.3, 0.4) is 0 Å². The topological polar surface area (TPSA) is 54.2 Å². The minimum absolute atomic E-state index is 0.524. The Morgan fingerprint density at radius 3 is 2.74 bits per heavy atom. The fourth-order valence-corrected chi connectivity index (χ4v) is 2.53. The van der Waals surface area contributed by atoms with Crippen LogP contribution < -0.4 is 10.6 Å². The maximum atomic E-state index is 6.08. The van der Waals surface area contributed by atoms with Gasteiger partial charge in [0.25, 0.3) is 0 Å². The molecule has 0 atom stereocenters. The minimum Gasteiger partial charge on any atom is -0.357 e. The van der Waals surface area contributed by atoms with E-state index < -0.39 is 0 Å². The summed E-state index contributed by atoms with van der Waals surface area (Å²) in [6, 6.07) is 5.81. The van der Waals surface area contributed by atoms with Crippen molar-refractivity contribution in [1.82, 2.24) is 20.2 Å². The largest absolute Gasteiger partial charge is 0.357 e. The van der Waals surface area contributed by atoms with Crippen molar-refractivity contribution in [2.24, 2.45) is 12.0 Å². The van der Waals surface area contributed by atoms with Crippen molar-refractivity contribution < 1.29 is 0 Å². The fraction of sp³-hybridized carbons (Fsp3) is 0.375. The Morgan fingerprint density at radius 2 is 2.13 bits per heavy atom. The van der Waals surface area contributed by atoms with E-state index in [1.807, 2.05) is 43.7 Å². The zero-order valence-electron chi connectivity index (χ0n) is 13.5. The molecular formula is C16H21Cl2N5. The number of aryl methyl sites for hydroxylation is 1. The van der Waals surface area contributed by atoms with Crippen LogP contribution in [0.2, 0.25) is 10.2 Å². The van der Waals surface area contributed by atoms with Crippen LogP contribution in [-0.2, 0) is 20.1 Å². The van der Waals surface area contributed by atoms with E-state index in [4.69, 9.17) is 23.2 Å². The van der Waals surface area contributed by atoms with E-state index in [9.17, 15) is 0 Å². The standard InChI is InChI=1S/C16H21Cl2N5/c1-4-19-16(22-10-14-11(2)6-5-7-20-14)21-9-12-8-13(17)15(18)23(12)3/h5-8H,4,9-10H2,1-3H3,(H2,19,21,22). The highest BCUT2D eigenvalue weighted by Gasteiger charge is 2.09. The molecule has 0 bridgehead atoms. The minimum atomic E-state index is 0.524. The molecule has 0 aliphatic heterocycles. The maximum Gasteiger partial charge on any atom is 0.191 e. The molecule has 2 N–H and O–H groups in total. The Bertz CT molecular complexity index is 694. The maximum absolute atomic E-state index is 6.08. The summed E-state index contributed by atoms with van der Waals surface area (Å²) in [7, 11) is 1.88. The zero-order chi connectivity index (χ0) is 16.8. The molecule has 0 saturated carbocycles. The summed E-state index contributed by atoms with van der Waals surface area (Å²) in [6.07, 6.45) is 1.78. The molecule has 0 saturated heterocycles. The van der Waals surface area contributed by atoms with Crippen molar-refractivity contribution in [2.45, 2.75) is 26.9 Å². The lowest BCUT2D eigenvalue weighted by Gasteiger charge is -2.12. The van der Waals surface area contributed by atoms with Crippen LogP contribution in [-0.4, -0.2) is 22.1 Å². The molecule has 2 aromatic heterocycles. The van der Waals surface area contributed by atoms with E-state index in [0.717, 1.165) is 29.5 Å². The number of aliphatic imine (C=N–C) groups is 1. The highest BCUT2D eigenvalue weighted by atomic mass is 35.5. The van der Waals surface area contributed by atoms with Gasteiger partial charge in [0, 0.05) is 25.5 Å². The molecule has 124 valence electrons. The second-order valence-corrected chi connectivity index (χ2v) is 5.91. The number of hydrogen-bond acceptors (Lipinski definition) is 2. The molecule has 0 amide bonds. The third-order valence-electron chi connectivity index (χ3n) is 3.50.